The molecule has 0 saturated carbocycles. The van der Waals surface area contributed by atoms with Gasteiger partial charge in [-0.1, -0.05) is 0 Å². The van der Waals surface area contributed by atoms with Crippen LogP contribution in [0.15, 0.2) is 47.3 Å². The third-order valence-corrected chi connectivity index (χ3v) is 3.81. The Morgan fingerprint density at radius 1 is 1.18 bits per heavy atom. The zero-order valence-electron chi connectivity index (χ0n) is 12.4. The molecule has 1 aliphatic rings. The molecular formula is C16H20N4O2. The SMILES string of the molecule is O=C(NCc1ccco1)N1CCN(Cc2ccncc2)CC1. The minimum Gasteiger partial charge on any atom is -0.467 e. The van der Waals surface area contributed by atoms with Crippen LogP contribution in [0, 0.1) is 0 Å². The molecule has 3 rings (SSSR count). The van der Waals surface area contributed by atoms with Crippen molar-refractivity contribution in [3.05, 3.63) is 54.2 Å². The number of piperazine rings is 1. The molecular weight excluding hydrogens is 280 g/mol. The van der Waals surface area contributed by atoms with Crippen molar-refractivity contribution in [1.29, 1.82) is 0 Å². The Labute approximate surface area is 129 Å². The Balaban J connectivity index is 1.42. The van der Waals surface area contributed by atoms with Gasteiger partial charge in [0, 0.05) is 45.1 Å². The molecule has 0 unspecified atom stereocenters. The highest BCUT2D eigenvalue weighted by Gasteiger charge is 2.20. The molecule has 6 heteroatoms. The predicted octanol–water partition coefficient (Wildman–Crippen LogP) is 1.70. The number of carbonyl (C=O) groups excluding carboxylic acids is 1. The van der Waals surface area contributed by atoms with Crippen LogP contribution in [0.4, 0.5) is 4.79 Å². The van der Waals surface area contributed by atoms with Gasteiger partial charge in [-0.3, -0.25) is 9.88 Å². The maximum atomic E-state index is 12.1. The largest absolute Gasteiger partial charge is 0.467 e. The van der Waals surface area contributed by atoms with E-state index >= 15 is 0 Å². The maximum absolute atomic E-state index is 12.1. The fourth-order valence-corrected chi connectivity index (χ4v) is 2.54. The minimum atomic E-state index is -0.0278. The summed E-state index contributed by atoms with van der Waals surface area (Å²) in [6, 6.07) is 7.71. The van der Waals surface area contributed by atoms with Gasteiger partial charge in [0.25, 0.3) is 0 Å². The van der Waals surface area contributed by atoms with E-state index in [9.17, 15) is 4.79 Å². The second kappa shape index (κ2) is 7.09. The summed E-state index contributed by atoms with van der Waals surface area (Å²) in [5, 5.41) is 2.89. The van der Waals surface area contributed by atoms with E-state index in [0.717, 1.165) is 38.5 Å². The van der Waals surface area contributed by atoms with Crippen LogP contribution in [0.2, 0.25) is 0 Å². The molecule has 2 aromatic heterocycles. The van der Waals surface area contributed by atoms with Crippen molar-refractivity contribution in [3.8, 4) is 0 Å². The van der Waals surface area contributed by atoms with Gasteiger partial charge < -0.3 is 14.6 Å². The number of urea groups is 1. The summed E-state index contributed by atoms with van der Waals surface area (Å²) in [4.78, 5) is 20.3. The Bertz CT molecular complexity index is 577. The molecule has 22 heavy (non-hydrogen) atoms. The average Bonchev–Trinajstić information content (AvgIpc) is 3.08. The van der Waals surface area contributed by atoms with Gasteiger partial charge in [-0.05, 0) is 29.8 Å². The Morgan fingerprint density at radius 3 is 2.64 bits per heavy atom. The first kappa shape index (κ1) is 14.6. The number of nitrogens with zero attached hydrogens (tertiary/aromatic N) is 3. The summed E-state index contributed by atoms with van der Waals surface area (Å²) in [6.07, 6.45) is 5.24. The minimum absolute atomic E-state index is 0.0278. The van der Waals surface area contributed by atoms with Crippen LogP contribution in [0.1, 0.15) is 11.3 Å². The molecule has 1 saturated heterocycles. The van der Waals surface area contributed by atoms with Crippen molar-refractivity contribution in [1.82, 2.24) is 20.1 Å². The van der Waals surface area contributed by atoms with E-state index in [2.05, 4.69) is 15.2 Å². The standard InChI is InChI=1S/C16H20N4O2/c21-16(18-12-15-2-1-11-22-15)20-9-7-19(8-10-20)13-14-3-5-17-6-4-14/h1-6,11H,7-10,12-13H2,(H,18,21). The second-order valence-electron chi connectivity index (χ2n) is 5.36. The fourth-order valence-electron chi connectivity index (χ4n) is 2.54. The lowest BCUT2D eigenvalue weighted by molar-refractivity contribution is 0.134. The van der Waals surface area contributed by atoms with Gasteiger partial charge in [0.05, 0.1) is 12.8 Å². The van der Waals surface area contributed by atoms with Gasteiger partial charge in [0.15, 0.2) is 0 Å². The highest BCUT2D eigenvalue weighted by atomic mass is 16.3. The zero-order valence-corrected chi connectivity index (χ0v) is 12.4. The Kier molecular flexibility index (Phi) is 4.70. The molecule has 116 valence electrons. The lowest BCUT2D eigenvalue weighted by Crippen LogP contribution is -2.51. The van der Waals surface area contributed by atoms with Crippen molar-refractivity contribution in [3.63, 3.8) is 0 Å². The smallest absolute Gasteiger partial charge is 0.317 e. The molecule has 6 nitrogen and oxygen atoms in total. The van der Waals surface area contributed by atoms with E-state index in [1.165, 1.54) is 5.56 Å². The van der Waals surface area contributed by atoms with E-state index < -0.39 is 0 Å². The topological polar surface area (TPSA) is 61.6 Å². The van der Waals surface area contributed by atoms with E-state index in [1.54, 1.807) is 6.26 Å². The summed E-state index contributed by atoms with van der Waals surface area (Å²) in [7, 11) is 0. The molecule has 2 aromatic rings. The van der Waals surface area contributed by atoms with Gasteiger partial charge >= 0.3 is 6.03 Å². The molecule has 1 aliphatic heterocycles. The lowest BCUT2D eigenvalue weighted by Gasteiger charge is -2.34. The van der Waals surface area contributed by atoms with Gasteiger partial charge in [0.2, 0.25) is 0 Å². The van der Waals surface area contributed by atoms with Crippen molar-refractivity contribution >= 4 is 6.03 Å². The highest BCUT2D eigenvalue weighted by molar-refractivity contribution is 5.74. The first-order valence-electron chi connectivity index (χ1n) is 7.48. The average molecular weight is 300 g/mol. The molecule has 0 spiro atoms. The molecule has 0 aromatic carbocycles. The summed E-state index contributed by atoms with van der Waals surface area (Å²) >= 11 is 0. The van der Waals surface area contributed by atoms with Gasteiger partial charge in [-0.25, -0.2) is 4.79 Å². The maximum Gasteiger partial charge on any atom is 0.317 e. The molecule has 1 N–H and O–H groups in total. The number of hydrogen-bond acceptors (Lipinski definition) is 4. The van der Waals surface area contributed by atoms with Crippen molar-refractivity contribution in [2.24, 2.45) is 0 Å². The quantitative estimate of drug-likeness (QED) is 0.933. The summed E-state index contributed by atoms with van der Waals surface area (Å²) in [6.45, 7) is 4.60. The molecule has 3 heterocycles. The first-order valence-corrected chi connectivity index (χ1v) is 7.48. The number of nitrogens with one attached hydrogen (secondary N) is 1. The molecule has 0 radical (unpaired) electrons. The normalized spacial score (nSPS) is 15.7. The van der Waals surface area contributed by atoms with Gasteiger partial charge in [-0.2, -0.15) is 0 Å². The Morgan fingerprint density at radius 2 is 1.95 bits per heavy atom. The van der Waals surface area contributed by atoms with Crippen LogP contribution >= 0.6 is 0 Å². The monoisotopic (exact) mass is 300 g/mol. The number of pyridine rings is 1. The van der Waals surface area contributed by atoms with Crippen molar-refractivity contribution in [2.75, 3.05) is 26.2 Å². The summed E-state index contributed by atoms with van der Waals surface area (Å²) in [5.74, 6) is 0.768. The summed E-state index contributed by atoms with van der Waals surface area (Å²) < 4.78 is 5.21. The highest BCUT2D eigenvalue weighted by Crippen LogP contribution is 2.08. The molecule has 1 fully saturated rings. The first-order chi connectivity index (χ1) is 10.8. The van der Waals surface area contributed by atoms with Crippen LogP contribution in [0.3, 0.4) is 0 Å². The van der Waals surface area contributed by atoms with Crippen molar-refractivity contribution < 1.29 is 9.21 Å². The lowest BCUT2D eigenvalue weighted by atomic mass is 10.2. The van der Waals surface area contributed by atoms with Crippen LogP contribution < -0.4 is 5.32 Å². The van der Waals surface area contributed by atoms with E-state index in [-0.39, 0.29) is 6.03 Å². The van der Waals surface area contributed by atoms with Crippen LogP contribution in [0.5, 0.6) is 0 Å². The fraction of sp³-hybridized carbons (Fsp3) is 0.375. The summed E-state index contributed by atoms with van der Waals surface area (Å²) in [5.41, 5.74) is 1.26. The van der Waals surface area contributed by atoms with E-state index in [1.807, 2.05) is 41.6 Å². The molecule has 0 bridgehead atoms. The number of carbonyl (C=O) groups is 1. The number of aromatic nitrogens is 1. The molecule has 0 aliphatic carbocycles. The van der Waals surface area contributed by atoms with Crippen molar-refractivity contribution in [2.45, 2.75) is 13.1 Å². The molecule has 0 atom stereocenters. The third kappa shape index (κ3) is 3.85. The third-order valence-electron chi connectivity index (χ3n) is 3.81. The second-order valence-corrected chi connectivity index (χ2v) is 5.36. The molecule has 2 amide bonds. The van der Waals surface area contributed by atoms with E-state index in [4.69, 9.17) is 4.42 Å². The van der Waals surface area contributed by atoms with Gasteiger partial charge in [-0.15, -0.1) is 0 Å². The van der Waals surface area contributed by atoms with Gasteiger partial charge in [0.1, 0.15) is 5.76 Å². The number of rotatable bonds is 4. The van der Waals surface area contributed by atoms with Crippen LogP contribution in [-0.2, 0) is 13.1 Å². The van der Waals surface area contributed by atoms with E-state index in [0.29, 0.717) is 6.54 Å². The van der Waals surface area contributed by atoms with Crippen LogP contribution in [0.25, 0.3) is 0 Å². The predicted molar refractivity (Wildman–Crippen MR) is 82.0 cm³/mol. The number of hydrogen-bond donors (Lipinski definition) is 1. The number of furan rings is 1. The van der Waals surface area contributed by atoms with Crippen LogP contribution in [-0.4, -0.2) is 47.0 Å². The Hall–Kier alpha value is -2.34. The zero-order chi connectivity index (χ0) is 15.2. The number of amides is 2.